The second-order valence-electron chi connectivity index (χ2n) is 7.18. The van der Waals surface area contributed by atoms with Crippen LogP contribution in [-0.4, -0.2) is 39.4 Å². The zero-order valence-electron chi connectivity index (χ0n) is 16.8. The molecule has 148 valence electrons. The molecule has 0 fully saturated rings. The molecule has 1 atom stereocenters. The smallest absolute Gasteiger partial charge is 0.165 e. The summed E-state index contributed by atoms with van der Waals surface area (Å²) in [5, 5.41) is 0. The SMILES string of the molecule is C=CCOc1cc2c(cc1OC)CCN1Cc3c(ccc(OC)c3OC)CC21. The van der Waals surface area contributed by atoms with Gasteiger partial charge >= 0.3 is 0 Å². The Labute approximate surface area is 166 Å². The maximum absolute atomic E-state index is 5.86. The molecule has 2 heterocycles. The molecule has 1 unspecified atom stereocenters. The minimum atomic E-state index is 0.325. The molecule has 2 aliphatic rings. The van der Waals surface area contributed by atoms with E-state index in [1.54, 1.807) is 27.4 Å². The molecule has 28 heavy (non-hydrogen) atoms. The Balaban J connectivity index is 1.73. The topological polar surface area (TPSA) is 40.2 Å². The highest BCUT2D eigenvalue weighted by molar-refractivity contribution is 5.54. The van der Waals surface area contributed by atoms with Gasteiger partial charge in [0.2, 0.25) is 0 Å². The molecule has 2 aromatic rings. The molecule has 0 aliphatic carbocycles. The lowest BCUT2D eigenvalue weighted by Crippen LogP contribution is -2.39. The fraction of sp³-hybridized carbons (Fsp3) is 0.391. The van der Waals surface area contributed by atoms with Crippen LogP contribution < -0.4 is 18.9 Å². The van der Waals surface area contributed by atoms with Gasteiger partial charge in [-0.2, -0.15) is 0 Å². The first-order chi connectivity index (χ1) is 13.7. The summed E-state index contributed by atoms with van der Waals surface area (Å²) in [5.41, 5.74) is 5.22. The van der Waals surface area contributed by atoms with Crippen LogP contribution in [0.3, 0.4) is 0 Å². The zero-order valence-corrected chi connectivity index (χ0v) is 16.8. The van der Waals surface area contributed by atoms with Gasteiger partial charge in [0, 0.05) is 24.7 Å². The van der Waals surface area contributed by atoms with E-state index in [4.69, 9.17) is 18.9 Å². The quantitative estimate of drug-likeness (QED) is 0.709. The van der Waals surface area contributed by atoms with Crippen molar-refractivity contribution < 1.29 is 18.9 Å². The highest BCUT2D eigenvalue weighted by Crippen LogP contribution is 2.45. The average molecular weight is 381 g/mol. The van der Waals surface area contributed by atoms with E-state index in [9.17, 15) is 0 Å². The van der Waals surface area contributed by atoms with Crippen molar-refractivity contribution >= 4 is 0 Å². The van der Waals surface area contributed by atoms with E-state index in [1.807, 2.05) is 6.07 Å². The largest absolute Gasteiger partial charge is 0.493 e. The van der Waals surface area contributed by atoms with Crippen molar-refractivity contribution in [2.24, 2.45) is 0 Å². The molecule has 4 rings (SSSR count). The molecule has 0 N–H and O–H groups in total. The summed E-state index contributed by atoms with van der Waals surface area (Å²) in [6.07, 6.45) is 3.68. The zero-order chi connectivity index (χ0) is 19.7. The van der Waals surface area contributed by atoms with Gasteiger partial charge in [-0.1, -0.05) is 18.7 Å². The molecule has 0 saturated heterocycles. The highest BCUT2D eigenvalue weighted by Gasteiger charge is 2.35. The van der Waals surface area contributed by atoms with E-state index in [-0.39, 0.29) is 0 Å². The first-order valence-corrected chi connectivity index (χ1v) is 9.61. The summed E-state index contributed by atoms with van der Waals surface area (Å²) in [6.45, 7) is 6.07. The van der Waals surface area contributed by atoms with Crippen molar-refractivity contribution in [2.45, 2.75) is 25.4 Å². The Morgan fingerprint density at radius 3 is 2.57 bits per heavy atom. The summed E-state index contributed by atoms with van der Waals surface area (Å²) in [6, 6.07) is 8.78. The van der Waals surface area contributed by atoms with E-state index in [1.165, 1.54) is 22.3 Å². The molecule has 2 aliphatic heterocycles. The molecule has 0 amide bonds. The fourth-order valence-corrected chi connectivity index (χ4v) is 4.42. The second-order valence-corrected chi connectivity index (χ2v) is 7.18. The van der Waals surface area contributed by atoms with Crippen LogP contribution in [0.25, 0.3) is 0 Å². The number of rotatable bonds is 6. The first-order valence-electron chi connectivity index (χ1n) is 9.61. The second kappa shape index (κ2) is 7.76. The monoisotopic (exact) mass is 381 g/mol. The first kappa shape index (κ1) is 18.7. The average Bonchev–Trinajstić information content (AvgIpc) is 2.74. The Morgan fingerprint density at radius 2 is 1.86 bits per heavy atom. The molecule has 2 aromatic carbocycles. The van der Waals surface area contributed by atoms with Crippen LogP contribution in [-0.2, 0) is 19.4 Å². The number of nitrogens with zero attached hydrogens (tertiary/aromatic N) is 1. The van der Waals surface area contributed by atoms with Gasteiger partial charge in [0.25, 0.3) is 0 Å². The lowest BCUT2D eigenvalue weighted by atomic mass is 9.83. The lowest BCUT2D eigenvalue weighted by Gasteiger charge is -2.42. The molecule has 0 bridgehead atoms. The third-order valence-electron chi connectivity index (χ3n) is 5.77. The van der Waals surface area contributed by atoms with Gasteiger partial charge in [-0.3, -0.25) is 4.90 Å². The lowest BCUT2D eigenvalue weighted by molar-refractivity contribution is 0.157. The van der Waals surface area contributed by atoms with Crippen LogP contribution in [0.5, 0.6) is 23.0 Å². The molecule has 5 heteroatoms. The van der Waals surface area contributed by atoms with Crippen molar-refractivity contribution in [1.82, 2.24) is 4.90 Å². The normalized spacial score (nSPS) is 17.8. The minimum absolute atomic E-state index is 0.325. The standard InChI is InChI=1S/C23H27NO4/c1-5-10-28-22-13-17-16(12-21(22)26-3)8-9-24-14-18-15(11-19(17)24)6-7-20(25-2)23(18)27-4/h5-7,12-13,19H,1,8-11,14H2,2-4H3. The van der Waals surface area contributed by atoms with Crippen LogP contribution in [0.15, 0.2) is 36.9 Å². The van der Waals surface area contributed by atoms with Gasteiger partial charge in [-0.05, 0) is 47.7 Å². The molecule has 0 saturated carbocycles. The van der Waals surface area contributed by atoms with Crippen LogP contribution in [0.1, 0.15) is 28.3 Å². The Bertz CT molecular complexity index is 893. The summed E-state index contributed by atoms with van der Waals surface area (Å²) in [5.74, 6) is 3.22. The van der Waals surface area contributed by atoms with E-state index in [0.717, 1.165) is 48.9 Å². The fourth-order valence-electron chi connectivity index (χ4n) is 4.42. The van der Waals surface area contributed by atoms with Crippen LogP contribution in [0.2, 0.25) is 0 Å². The van der Waals surface area contributed by atoms with E-state index >= 15 is 0 Å². The Morgan fingerprint density at radius 1 is 1.04 bits per heavy atom. The van der Waals surface area contributed by atoms with E-state index in [0.29, 0.717) is 12.6 Å². The molecule has 5 nitrogen and oxygen atoms in total. The molecule has 0 radical (unpaired) electrons. The van der Waals surface area contributed by atoms with Gasteiger partial charge < -0.3 is 18.9 Å². The molecule has 0 spiro atoms. The number of ether oxygens (including phenoxy) is 4. The predicted octanol–water partition coefficient (Wildman–Crippen LogP) is 3.93. The van der Waals surface area contributed by atoms with Crippen LogP contribution in [0, 0.1) is 0 Å². The van der Waals surface area contributed by atoms with Gasteiger partial charge in [0.1, 0.15) is 6.61 Å². The molecule has 0 aromatic heterocycles. The number of benzene rings is 2. The van der Waals surface area contributed by atoms with Crippen LogP contribution >= 0.6 is 0 Å². The van der Waals surface area contributed by atoms with E-state index < -0.39 is 0 Å². The summed E-state index contributed by atoms with van der Waals surface area (Å²) >= 11 is 0. The summed E-state index contributed by atoms with van der Waals surface area (Å²) in [7, 11) is 5.09. The van der Waals surface area contributed by atoms with E-state index in [2.05, 4.69) is 29.7 Å². The van der Waals surface area contributed by atoms with Gasteiger partial charge in [-0.15, -0.1) is 0 Å². The predicted molar refractivity (Wildman–Crippen MR) is 109 cm³/mol. The van der Waals surface area contributed by atoms with Crippen molar-refractivity contribution in [1.29, 1.82) is 0 Å². The van der Waals surface area contributed by atoms with Crippen molar-refractivity contribution in [2.75, 3.05) is 34.5 Å². The Hall–Kier alpha value is -2.66. The Kier molecular flexibility index (Phi) is 5.18. The third kappa shape index (κ3) is 3.10. The van der Waals surface area contributed by atoms with Crippen molar-refractivity contribution in [3.63, 3.8) is 0 Å². The summed E-state index contributed by atoms with van der Waals surface area (Å²) in [4.78, 5) is 2.52. The highest BCUT2D eigenvalue weighted by atomic mass is 16.5. The number of hydrogen-bond donors (Lipinski definition) is 0. The van der Waals surface area contributed by atoms with Crippen molar-refractivity contribution in [3.8, 4) is 23.0 Å². The maximum atomic E-state index is 5.86. The van der Waals surface area contributed by atoms with Crippen LogP contribution in [0.4, 0.5) is 0 Å². The minimum Gasteiger partial charge on any atom is -0.493 e. The number of fused-ring (bicyclic) bond motifs is 4. The summed E-state index contributed by atoms with van der Waals surface area (Å²) < 4.78 is 22.6. The molecular weight excluding hydrogens is 354 g/mol. The molecular formula is C23H27NO4. The maximum Gasteiger partial charge on any atom is 0.165 e. The van der Waals surface area contributed by atoms with Crippen molar-refractivity contribution in [3.05, 3.63) is 59.2 Å². The third-order valence-corrected chi connectivity index (χ3v) is 5.77. The van der Waals surface area contributed by atoms with Gasteiger partial charge in [0.15, 0.2) is 23.0 Å². The van der Waals surface area contributed by atoms with Gasteiger partial charge in [0.05, 0.1) is 21.3 Å². The van der Waals surface area contributed by atoms with Gasteiger partial charge in [-0.25, -0.2) is 0 Å². The number of methoxy groups -OCH3 is 3. The number of hydrogen-bond acceptors (Lipinski definition) is 5.